The molecule has 1 aromatic rings. The number of piperazine rings is 1. The van der Waals surface area contributed by atoms with E-state index in [-0.39, 0.29) is 11.4 Å². The number of nitrogens with two attached hydrogens (primary N) is 1. The second-order valence-electron chi connectivity index (χ2n) is 8.71. The van der Waals surface area contributed by atoms with E-state index in [9.17, 15) is 4.79 Å². The second-order valence-corrected chi connectivity index (χ2v) is 8.71. The molecule has 156 valence electrons. The smallest absolute Gasteiger partial charge is 0.235 e. The number of hydrogen-bond donors (Lipinski definition) is 1. The topological polar surface area (TPSA) is 74.3 Å². The minimum absolute atomic E-state index is 0.305. The third kappa shape index (κ3) is 2.77. The first-order valence-electron chi connectivity index (χ1n) is 11.0. The Labute approximate surface area is 177 Å². The maximum atomic E-state index is 13.2. The summed E-state index contributed by atoms with van der Waals surface area (Å²) in [4.78, 5) is 27.2. The Morgan fingerprint density at radius 2 is 1.73 bits per heavy atom. The summed E-state index contributed by atoms with van der Waals surface area (Å²) >= 11 is 0. The van der Waals surface area contributed by atoms with Gasteiger partial charge in [-0.05, 0) is 31.1 Å². The number of allylic oxidation sites excluding steroid dienone is 3. The van der Waals surface area contributed by atoms with Crippen molar-refractivity contribution in [2.45, 2.75) is 37.6 Å². The molecule has 1 aromatic carbocycles. The molecule has 4 aliphatic rings. The number of para-hydroxylation sites is 1. The Hall–Kier alpha value is -2.73. The molecule has 1 amide bonds. The van der Waals surface area contributed by atoms with Crippen LogP contribution in [0, 0.1) is 5.41 Å². The number of primary amides is 1. The van der Waals surface area contributed by atoms with Crippen LogP contribution in [-0.2, 0) is 4.79 Å². The van der Waals surface area contributed by atoms with Crippen molar-refractivity contribution in [1.82, 2.24) is 4.90 Å². The van der Waals surface area contributed by atoms with Crippen LogP contribution < -0.4 is 10.6 Å². The van der Waals surface area contributed by atoms with Crippen molar-refractivity contribution >= 4 is 23.6 Å². The molecular formula is C24H29N5O. The van der Waals surface area contributed by atoms with Crippen molar-refractivity contribution in [2.24, 2.45) is 21.1 Å². The molecule has 30 heavy (non-hydrogen) atoms. The Morgan fingerprint density at radius 3 is 2.43 bits per heavy atom. The van der Waals surface area contributed by atoms with E-state index in [0.29, 0.717) is 0 Å². The van der Waals surface area contributed by atoms with Gasteiger partial charge in [-0.25, -0.2) is 9.98 Å². The molecule has 2 aliphatic carbocycles. The van der Waals surface area contributed by atoms with Crippen LogP contribution in [0.2, 0.25) is 0 Å². The lowest BCUT2D eigenvalue weighted by Crippen LogP contribution is -2.70. The molecule has 0 aromatic heterocycles. The van der Waals surface area contributed by atoms with Crippen LogP contribution >= 0.6 is 0 Å². The van der Waals surface area contributed by atoms with Crippen molar-refractivity contribution in [1.29, 1.82) is 0 Å². The zero-order chi connectivity index (χ0) is 20.6. The van der Waals surface area contributed by atoms with E-state index in [1.54, 1.807) is 6.34 Å². The third-order valence-electron chi connectivity index (χ3n) is 7.41. The molecule has 1 unspecified atom stereocenters. The van der Waals surface area contributed by atoms with Crippen molar-refractivity contribution < 1.29 is 4.79 Å². The SMILES string of the molecule is NC(=O)C1(C2(N3CCN(c4ccccc4)CC3)CCCCC2)C=CC=C2N=CN=C21. The molecular weight excluding hydrogens is 374 g/mol. The molecule has 2 fully saturated rings. The van der Waals surface area contributed by atoms with Gasteiger partial charge in [-0.1, -0.05) is 49.6 Å². The van der Waals surface area contributed by atoms with Gasteiger partial charge in [0.2, 0.25) is 5.91 Å². The summed E-state index contributed by atoms with van der Waals surface area (Å²) in [7, 11) is 0. The molecule has 2 heterocycles. The van der Waals surface area contributed by atoms with Gasteiger partial charge in [-0.2, -0.15) is 0 Å². The molecule has 0 bridgehead atoms. The predicted molar refractivity (Wildman–Crippen MR) is 121 cm³/mol. The summed E-state index contributed by atoms with van der Waals surface area (Å²) in [6.07, 6.45) is 12.8. The summed E-state index contributed by atoms with van der Waals surface area (Å²) in [6, 6.07) is 10.6. The van der Waals surface area contributed by atoms with Crippen LogP contribution in [0.3, 0.4) is 0 Å². The van der Waals surface area contributed by atoms with E-state index < -0.39 is 5.41 Å². The highest BCUT2D eigenvalue weighted by Gasteiger charge is 2.61. The highest BCUT2D eigenvalue weighted by molar-refractivity contribution is 6.23. The number of amides is 1. The largest absolute Gasteiger partial charge is 0.369 e. The molecule has 6 nitrogen and oxygen atoms in total. The number of carbonyl (C=O) groups is 1. The molecule has 1 atom stereocenters. The molecule has 2 N–H and O–H groups in total. The number of nitrogens with zero attached hydrogens (tertiary/aromatic N) is 4. The maximum absolute atomic E-state index is 13.2. The molecule has 0 radical (unpaired) electrons. The average Bonchev–Trinajstić information content (AvgIpc) is 3.29. The Kier molecular flexibility index (Phi) is 4.82. The molecule has 0 spiro atoms. The van der Waals surface area contributed by atoms with Gasteiger partial charge in [-0.3, -0.25) is 9.69 Å². The van der Waals surface area contributed by atoms with Gasteiger partial charge in [0.25, 0.3) is 0 Å². The van der Waals surface area contributed by atoms with Gasteiger partial charge in [0.1, 0.15) is 11.8 Å². The molecule has 1 saturated carbocycles. The van der Waals surface area contributed by atoms with E-state index >= 15 is 0 Å². The van der Waals surface area contributed by atoms with Gasteiger partial charge in [0, 0.05) is 37.4 Å². The number of benzene rings is 1. The second kappa shape index (κ2) is 7.51. The summed E-state index contributed by atoms with van der Waals surface area (Å²) in [5.41, 5.74) is 7.72. The summed E-state index contributed by atoms with van der Waals surface area (Å²) in [5, 5.41) is 0. The van der Waals surface area contributed by atoms with Crippen LogP contribution in [0.25, 0.3) is 0 Å². The monoisotopic (exact) mass is 403 g/mol. The maximum Gasteiger partial charge on any atom is 0.235 e. The van der Waals surface area contributed by atoms with Crippen molar-refractivity contribution in [3.63, 3.8) is 0 Å². The third-order valence-corrected chi connectivity index (χ3v) is 7.41. The van der Waals surface area contributed by atoms with Gasteiger partial charge < -0.3 is 10.6 Å². The molecule has 2 aliphatic heterocycles. The highest BCUT2D eigenvalue weighted by atomic mass is 16.1. The fraction of sp³-hybridized carbons (Fsp3) is 0.458. The standard InChI is InChI=1S/C24H29N5O/c25-22(30)24(13-7-10-20-21(24)27-18-26-20)23(11-5-2-6-12-23)29-16-14-28(15-17-29)19-8-3-1-4-9-19/h1,3-4,7-10,13,18H,2,5-6,11-12,14-17H2,(H2,25,30). The van der Waals surface area contributed by atoms with Crippen molar-refractivity contribution in [3.05, 3.63) is 54.3 Å². The zero-order valence-corrected chi connectivity index (χ0v) is 17.3. The van der Waals surface area contributed by atoms with E-state index in [1.165, 1.54) is 12.1 Å². The van der Waals surface area contributed by atoms with E-state index in [2.05, 4.69) is 50.1 Å². The van der Waals surface area contributed by atoms with Crippen LogP contribution in [0.4, 0.5) is 5.69 Å². The Morgan fingerprint density at radius 1 is 1.00 bits per heavy atom. The lowest BCUT2D eigenvalue weighted by atomic mass is 9.57. The zero-order valence-electron chi connectivity index (χ0n) is 17.3. The molecule has 1 saturated heterocycles. The van der Waals surface area contributed by atoms with Gasteiger partial charge in [-0.15, -0.1) is 0 Å². The van der Waals surface area contributed by atoms with E-state index in [1.807, 2.05) is 18.2 Å². The average molecular weight is 404 g/mol. The first kappa shape index (κ1) is 19.2. The highest BCUT2D eigenvalue weighted by Crippen LogP contribution is 2.52. The summed E-state index contributed by atoms with van der Waals surface area (Å²) < 4.78 is 0. The number of anilines is 1. The quantitative estimate of drug-likeness (QED) is 0.840. The number of fused-ring (bicyclic) bond motifs is 1. The van der Waals surface area contributed by atoms with E-state index in [0.717, 1.165) is 63.3 Å². The van der Waals surface area contributed by atoms with Crippen LogP contribution in [-0.4, -0.2) is 54.6 Å². The van der Waals surface area contributed by atoms with Crippen molar-refractivity contribution in [2.75, 3.05) is 31.1 Å². The van der Waals surface area contributed by atoms with Gasteiger partial charge in [0.05, 0.1) is 11.4 Å². The van der Waals surface area contributed by atoms with Crippen LogP contribution in [0.1, 0.15) is 32.1 Å². The normalized spacial score (nSPS) is 28.1. The first-order valence-corrected chi connectivity index (χ1v) is 11.0. The molecule has 5 rings (SSSR count). The lowest BCUT2D eigenvalue weighted by molar-refractivity contribution is -0.131. The minimum atomic E-state index is -0.928. The first-order chi connectivity index (χ1) is 14.7. The number of rotatable bonds is 4. The summed E-state index contributed by atoms with van der Waals surface area (Å²) in [6.45, 7) is 3.70. The fourth-order valence-electron chi connectivity index (χ4n) is 6.00. The van der Waals surface area contributed by atoms with Crippen molar-refractivity contribution in [3.8, 4) is 0 Å². The fourth-order valence-corrected chi connectivity index (χ4v) is 6.00. The Bertz CT molecular complexity index is 934. The van der Waals surface area contributed by atoms with Gasteiger partial charge in [0.15, 0.2) is 0 Å². The number of aliphatic imine (C=N–C) groups is 2. The number of carbonyl (C=O) groups excluding carboxylic acids is 1. The predicted octanol–water partition coefficient (Wildman–Crippen LogP) is 2.92. The number of hydrogen-bond acceptors (Lipinski definition) is 5. The lowest BCUT2D eigenvalue weighted by Gasteiger charge is -2.57. The van der Waals surface area contributed by atoms with Gasteiger partial charge >= 0.3 is 0 Å². The Balaban J connectivity index is 1.50. The van der Waals surface area contributed by atoms with Crippen LogP contribution in [0.15, 0.2) is 64.2 Å². The summed E-state index contributed by atoms with van der Waals surface area (Å²) in [5.74, 6) is -0.305. The van der Waals surface area contributed by atoms with E-state index in [4.69, 9.17) is 5.73 Å². The van der Waals surface area contributed by atoms with Crippen LogP contribution in [0.5, 0.6) is 0 Å². The minimum Gasteiger partial charge on any atom is -0.369 e. The molecule has 6 heteroatoms.